The van der Waals surface area contributed by atoms with Gasteiger partial charge >= 0.3 is 0 Å². The third kappa shape index (κ3) is 7.17. The van der Waals surface area contributed by atoms with E-state index in [4.69, 9.17) is 23.7 Å². The molecular formula is C21H32O5. The first-order valence-electron chi connectivity index (χ1n) is 9.27. The number of allylic oxidation sites excluding steroid dienone is 1. The highest BCUT2D eigenvalue weighted by Crippen LogP contribution is 2.28. The molecule has 0 N–H and O–H groups in total. The molecule has 0 aliphatic carbocycles. The van der Waals surface area contributed by atoms with Crippen LogP contribution in [0, 0.1) is 0 Å². The van der Waals surface area contributed by atoms with Crippen molar-refractivity contribution in [1.82, 2.24) is 0 Å². The van der Waals surface area contributed by atoms with Crippen LogP contribution < -0.4 is 0 Å². The lowest BCUT2D eigenvalue weighted by molar-refractivity contribution is -0.142. The maximum Gasteiger partial charge on any atom is 0.163 e. The lowest BCUT2D eigenvalue weighted by atomic mass is 10.0. The lowest BCUT2D eigenvalue weighted by Gasteiger charge is -2.25. The first-order chi connectivity index (χ1) is 12.5. The fourth-order valence-corrected chi connectivity index (χ4v) is 3.00. The van der Waals surface area contributed by atoms with E-state index in [0.29, 0.717) is 19.8 Å². The van der Waals surface area contributed by atoms with Crippen molar-refractivity contribution in [1.29, 1.82) is 0 Å². The molecule has 5 heteroatoms. The molecule has 5 nitrogen and oxygen atoms in total. The highest BCUT2D eigenvalue weighted by atomic mass is 16.7. The molecule has 0 spiro atoms. The van der Waals surface area contributed by atoms with Crippen molar-refractivity contribution < 1.29 is 23.7 Å². The average Bonchev–Trinajstić information content (AvgIpc) is 2.97. The molecule has 1 fully saturated rings. The molecule has 1 aliphatic rings. The van der Waals surface area contributed by atoms with E-state index >= 15 is 0 Å². The van der Waals surface area contributed by atoms with Crippen molar-refractivity contribution in [3.63, 3.8) is 0 Å². The van der Waals surface area contributed by atoms with E-state index in [-0.39, 0.29) is 19.0 Å². The molecule has 1 aromatic rings. The SMILES string of the molecule is CC/C=C(\COCOC)C(CC1COC(C)(C)O1)OCc1ccccc1. The summed E-state index contributed by atoms with van der Waals surface area (Å²) in [6.45, 7) is 7.88. The number of hydrogen-bond acceptors (Lipinski definition) is 5. The molecule has 0 bridgehead atoms. The van der Waals surface area contributed by atoms with Crippen LogP contribution in [0.25, 0.3) is 0 Å². The van der Waals surface area contributed by atoms with Gasteiger partial charge in [-0.1, -0.05) is 43.3 Å². The minimum Gasteiger partial charge on any atom is -0.369 e. The number of rotatable bonds is 11. The summed E-state index contributed by atoms with van der Waals surface area (Å²) in [5.74, 6) is -0.532. The molecule has 1 aromatic carbocycles. The van der Waals surface area contributed by atoms with Gasteiger partial charge in [0, 0.05) is 13.5 Å². The second kappa shape index (κ2) is 10.8. The van der Waals surface area contributed by atoms with E-state index in [0.717, 1.165) is 24.0 Å². The van der Waals surface area contributed by atoms with Crippen LogP contribution in [0.15, 0.2) is 42.0 Å². The average molecular weight is 364 g/mol. The maximum absolute atomic E-state index is 6.28. The molecule has 1 heterocycles. The van der Waals surface area contributed by atoms with Crippen molar-refractivity contribution in [3.8, 4) is 0 Å². The van der Waals surface area contributed by atoms with E-state index in [1.165, 1.54) is 0 Å². The maximum atomic E-state index is 6.28. The van der Waals surface area contributed by atoms with Gasteiger partial charge in [-0.3, -0.25) is 0 Å². The van der Waals surface area contributed by atoms with Crippen LogP contribution in [-0.4, -0.2) is 45.1 Å². The van der Waals surface area contributed by atoms with Gasteiger partial charge in [-0.25, -0.2) is 0 Å². The highest BCUT2D eigenvalue weighted by molar-refractivity contribution is 5.15. The Kier molecular flexibility index (Phi) is 8.75. The van der Waals surface area contributed by atoms with Gasteiger partial charge in [0.1, 0.15) is 6.79 Å². The third-order valence-electron chi connectivity index (χ3n) is 4.19. The van der Waals surface area contributed by atoms with E-state index in [1.54, 1.807) is 7.11 Å². The quantitative estimate of drug-likeness (QED) is 0.336. The summed E-state index contributed by atoms with van der Waals surface area (Å²) in [5, 5.41) is 0. The molecule has 26 heavy (non-hydrogen) atoms. The van der Waals surface area contributed by atoms with Crippen LogP contribution in [0.4, 0.5) is 0 Å². The van der Waals surface area contributed by atoms with Crippen molar-refractivity contribution in [2.75, 3.05) is 27.1 Å². The zero-order valence-electron chi connectivity index (χ0n) is 16.4. The first-order valence-corrected chi connectivity index (χ1v) is 9.27. The minimum atomic E-state index is -0.532. The Balaban J connectivity index is 2.04. The van der Waals surface area contributed by atoms with Crippen LogP contribution >= 0.6 is 0 Å². The first kappa shape index (κ1) is 21.1. The second-order valence-electron chi connectivity index (χ2n) is 6.91. The van der Waals surface area contributed by atoms with Gasteiger partial charge in [0.15, 0.2) is 5.79 Å². The number of benzene rings is 1. The van der Waals surface area contributed by atoms with E-state index in [9.17, 15) is 0 Å². The second-order valence-corrected chi connectivity index (χ2v) is 6.91. The van der Waals surface area contributed by atoms with Gasteiger partial charge in [-0.2, -0.15) is 0 Å². The molecule has 0 amide bonds. The van der Waals surface area contributed by atoms with Crippen molar-refractivity contribution >= 4 is 0 Å². The summed E-state index contributed by atoms with van der Waals surface area (Å²) in [4.78, 5) is 0. The summed E-state index contributed by atoms with van der Waals surface area (Å²) < 4.78 is 28.6. The summed E-state index contributed by atoms with van der Waals surface area (Å²) in [6, 6.07) is 10.2. The van der Waals surface area contributed by atoms with Gasteiger partial charge in [-0.15, -0.1) is 0 Å². The Morgan fingerprint density at radius 1 is 1.31 bits per heavy atom. The van der Waals surface area contributed by atoms with E-state index < -0.39 is 5.79 Å². The molecule has 1 aliphatic heterocycles. The van der Waals surface area contributed by atoms with Gasteiger partial charge < -0.3 is 23.7 Å². The Morgan fingerprint density at radius 3 is 2.69 bits per heavy atom. The van der Waals surface area contributed by atoms with Crippen molar-refractivity contribution in [2.24, 2.45) is 0 Å². The minimum absolute atomic E-state index is 0.00783. The molecule has 2 atom stereocenters. The lowest BCUT2D eigenvalue weighted by Crippen LogP contribution is -2.28. The van der Waals surface area contributed by atoms with Gasteiger partial charge in [-0.05, 0) is 31.4 Å². The standard InChI is InChI=1S/C21H32O5/c1-5-9-18(14-23-16-22-4)20(12-19-15-25-21(2,3)26-19)24-13-17-10-7-6-8-11-17/h6-11,19-20H,5,12-16H2,1-4H3/b18-9+. The zero-order valence-corrected chi connectivity index (χ0v) is 16.4. The van der Waals surface area contributed by atoms with E-state index in [1.807, 2.05) is 32.0 Å². The molecule has 0 aromatic heterocycles. The Bertz CT molecular complexity index is 541. The van der Waals surface area contributed by atoms with Crippen LogP contribution in [0.5, 0.6) is 0 Å². The number of methoxy groups -OCH3 is 1. The summed E-state index contributed by atoms with van der Waals surface area (Å²) in [5.41, 5.74) is 2.27. The van der Waals surface area contributed by atoms with Gasteiger partial charge in [0.2, 0.25) is 0 Å². The predicted octanol–water partition coefficient (Wildman–Crippen LogP) is 4.07. The van der Waals surface area contributed by atoms with E-state index in [2.05, 4.69) is 25.1 Å². The monoisotopic (exact) mass is 364 g/mol. The number of hydrogen-bond donors (Lipinski definition) is 0. The van der Waals surface area contributed by atoms with Crippen molar-refractivity contribution in [3.05, 3.63) is 47.5 Å². The van der Waals surface area contributed by atoms with Gasteiger partial charge in [0.25, 0.3) is 0 Å². The molecule has 1 saturated heterocycles. The predicted molar refractivity (Wildman–Crippen MR) is 101 cm³/mol. The molecule has 0 radical (unpaired) electrons. The topological polar surface area (TPSA) is 46.2 Å². The highest BCUT2D eigenvalue weighted by Gasteiger charge is 2.34. The Morgan fingerprint density at radius 2 is 2.08 bits per heavy atom. The fourth-order valence-electron chi connectivity index (χ4n) is 3.00. The Hall–Kier alpha value is -1.24. The molecule has 2 rings (SSSR count). The normalized spacial score (nSPS) is 21.1. The van der Waals surface area contributed by atoms with Crippen LogP contribution in [0.2, 0.25) is 0 Å². The van der Waals surface area contributed by atoms with Crippen LogP contribution in [0.3, 0.4) is 0 Å². The third-order valence-corrected chi connectivity index (χ3v) is 4.19. The summed E-state index contributed by atoms with van der Waals surface area (Å²) in [7, 11) is 1.62. The molecule has 0 saturated carbocycles. The fraction of sp³-hybridized carbons (Fsp3) is 0.619. The number of ether oxygens (including phenoxy) is 5. The largest absolute Gasteiger partial charge is 0.369 e. The summed E-state index contributed by atoms with van der Waals surface area (Å²) >= 11 is 0. The smallest absolute Gasteiger partial charge is 0.163 e. The van der Waals surface area contributed by atoms with Gasteiger partial charge in [0.05, 0.1) is 32.0 Å². The summed E-state index contributed by atoms with van der Waals surface area (Å²) in [6.07, 6.45) is 3.75. The molecule has 146 valence electrons. The van der Waals surface area contributed by atoms with Crippen molar-refractivity contribution in [2.45, 2.75) is 58.2 Å². The van der Waals surface area contributed by atoms with Crippen LogP contribution in [-0.2, 0) is 30.3 Å². The molecular weight excluding hydrogens is 332 g/mol. The van der Waals surface area contributed by atoms with Crippen LogP contribution in [0.1, 0.15) is 39.2 Å². The zero-order chi connectivity index (χ0) is 18.8. The molecule has 2 unspecified atom stereocenters. The Labute approximate surface area is 157 Å².